The average Bonchev–Trinajstić information content (AvgIpc) is 2.59. The van der Waals surface area contributed by atoms with E-state index in [1.807, 2.05) is 0 Å². The number of aromatic carboxylic acids is 1. The number of aromatic amines is 1. The summed E-state index contributed by atoms with van der Waals surface area (Å²) in [5.41, 5.74) is 0.906. The van der Waals surface area contributed by atoms with Crippen LogP contribution in [0, 0.1) is 0 Å². The topological polar surface area (TPSA) is 75.2 Å². The van der Waals surface area contributed by atoms with Gasteiger partial charge in [0, 0.05) is 17.6 Å². The van der Waals surface area contributed by atoms with Crippen LogP contribution in [0.4, 0.5) is 0 Å². The Morgan fingerprint density at radius 1 is 1.64 bits per heavy atom. The molecule has 5 nitrogen and oxygen atoms in total. The molecule has 0 atom stereocenters. The highest BCUT2D eigenvalue weighted by Gasteiger charge is 2.11. The number of fused-ring (bicyclic) bond motifs is 1. The Morgan fingerprint density at radius 3 is 3.07 bits per heavy atom. The number of hydrogen-bond donors (Lipinski definition) is 2. The number of H-pyrrole nitrogens is 1. The van der Waals surface area contributed by atoms with E-state index in [4.69, 9.17) is 9.84 Å². The minimum Gasteiger partial charge on any atom is -0.481 e. The van der Waals surface area contributed by atoms with E-state index in [9.17, 15) is 4.79 Å². The lowest BCUT2D eigenvalue weighted by molar-refractivity contribution is 0.0699. The zero-order chi connectivity index (χ0) is 10.1. The highest BCUT2D eigenvalue weighted by molar-refractivity contribution is 6.03. The molecule has 5 heteroatoms. The second-order valence-corrected chi connectivity index (χ2v) is 2.78. The third-order valence-corrected chi connectivity index (χ3v) is 1.98. The fourth-order valence-corrected chi connectivity index (χ4v) is 1.29. The molecular formula is C9H8N2O3. The lowest BCUT2D eigenvalue weighted by Crippen LogP contribution is -1.94. The third kappa shape index (κ3) is 1.19. The molecule has 2 aromatic heterocycles. The Labute approximate surface area is 79.3 Å². The third-order valence-electron chi connectivity index (χ3n) is 1.98. The molecule has 14 heavy (non-hydrogen) atoms. The van der Waals surface area contributed by atoms with Crippen LogP contribution in [0.25, 0.3) is 10.9 Å². The molecule has 0 aliphatic carbocycles. The van der Waals surface area contributed by atoms with Gasteiger partial charge < -0.3 is 14.8 Å². The first-order valence-electron chi connectivity index (χ1n) is 3.97. The number of carbonyl (C=O) groups is 1. The number of aromatic nitrogens is 2. The Balaban J connectivity index is 2.69. The Hall–Kier alpha value is -2.04. The van der Waals surface area contributed by atoms with Crippen molar-refractivity contribution in [1.29, 1.82) is 0 Å². The molecule has 0 saturated heterocycles. The molecule has 2 aromatic rings. The van der Waals surface area contributed by atoms with Gasteiger partial charge in [-0.3, -0.25) is 0 Å². The zero-order valence-electron chi connectivity index (χ0n) is 7.44. The fraction of sp³-hybridized carbons (Fsp3) is 0.111. The minimum absolute atomic E-state index is 0.223. The summed E-state index contributed by atoms with van der Waals surface area (Å²) in [5, 5.41) is 9.46. The molecular weight excluding hydrogens is 184 g/mol. The molecule has 0 aromatic carbocycles. The average molecular weight is 192 g/mol. The van der Waals surface area contributed by atoms with Gasteiger partial charge in [-0.25, -0.2) is 9.78 Å². The molecule has 0 bridgehead atoms. The van der Waals surface area contributed by atoms with Crippen molar-refractivity contribution in [2.45, 2.75) is 0 Å². The van der Waals surface area contributed by atoms with Gasteiger partial charge in [-0.05, 0) is 0 Å². The van der Waals surface area contributed by atoms with Gasteiger partial charge in [0.1, 0.15) is 0 Å². The van der Waals surface area contributed by atoms with Crippen molar-refractivity contribution in [3.8, 4) is 5.88 Å². The van der Waals surface area contributed by atoms with Gasteiger partial charge in [-0.1, -0.05) is 0 Å². The van der Waals surface area contributed by atoms with Crippen molar-refractivity contribution in [2.24, 2.45) is 0 Å². The number of nitrogens with zero attached hydrogens (tertiary/aromatic N) is 1. The summed E-state index contributed by atoms with van der Waals surface area (Å²) in [6.45, 7) is 0. The van der Waals surface area contributed by atoms with E-state index in [1.165, 1.54) is 13.3 Å². The van der Waals surface area contributed by atoms with Gasteiger partial charge in [0.05, 0.1) is 24.4 Å². The molecule has 0 amide bonds. The number of carboxylic acids is 1. The second-order valence-electron chi connectivity index (χ2n) is 2.78. The Morgan fingerprint density at radius 2 is 2.43 bits per heavy atom. The number of hydrogen-bond acceptors (Lipinski definition) is 3. The summed E-state index contributed by atoms with van der Waals surface area (Å²) < 4.78 is 4.91. The number of pyridine rings is 1. The number of ether oxygens (including phenoxy) is 1. The molecule has 0 unspecified atom stereocenters. The van der Waals surface area contributed by atoms with Crippen molar-refractivity contribution in [1.82, 2.24) is 9.97 Å². The Bertz CT molecular complexity index is 490. The van der Waals surface area contributed by atoms with Gasteiger partial charge in [0.2, 0.25) is 5.88 Å². The highest BCUT2D eigenvalue weighted by atomic mass is 16.5. The smallest absolute Gasteiger partial charge is 0.337 e. The van der Waals surface area contributed by atoms with E-state index in [0.717, 1.165) is 0 Å². The summed E-state index contributed by atoms with van der Waals surface area (Å²) in [6.07, 6.45) is 2.98. The number of rotatable bonds is 2. The molecule has 2 heterocycles. The molecule has 2 N–H and O–H groups in total. The van der Waals surface area contributed by atoms with Crippen LogP contribution in [-0.2, 0) is 0 Å². The van der Waals surface area contributed by atoms with Crippen molar-refractivity contribution in [3.05, 3.63) is 24.0 Å². The van der Waals surface area contributed by atoms with E-state index in [2.05, 4.69) is 9.97 Å². The van der Waals surface area contributed by atoms with E-state index in [0.29, 0.717) is 16.8 Å². The van der Waals surface area contributed by atoms with Crippen molar-refractivity contribution < 1.29 is 14.6 Å². The van der Waals surface area contributed by atoms with E-state index in [1.54, 1.807) is 12.3 Å². The van der Waals surface area contributed by atoms with Crippen LogP contribution in [0.3, 0.4) is 0 Å². The molecule has 0 aliphatic rings. The van der Waals surface area contributed by atoms with E-state index >= 15 is 0 Å². The van der Waals surface area contributed by atoms with Gasteiger partial charge in [0.15, 0.2) is 0 Å². The minimum atomic E-state index is -0.968. The fourth-order valence-electron chi connectivity index (χ4n) is 1.29. The zero-order valence-corrected chi connectivity index (χ0v) is 7.44. The van der Waals surface area contributed by atoms with Gasteiger partial charge in [0.25, 0.3) is 0 Å². The summed E-state index contributed by atoms with van der Waals surface area (Å²) in [6, 6.07) is 1.59. The predicted octanol–water partition coefficient (Wildman–Crippen LogP) is 1.27. The summed E-state index contributed by atoms with van der Waals surface area (Å²) in [5.74, 6) is -0.566. The van der Waals surface area contributed by atoms with Crippen LogP contribution >= 0.6 is 0 Å². The SMILES string of the molecule is COc1cc2c(C(=O)O)c[nH]c2cn1. The lowest BCUT2D eigenvalue weighted by Gasteiger charge is -1.97. The van der Waals surface area contributed by atoms with Gasteiger partial charge in [-0.2, -0.15) is 0 Å². The first-order valence-corrected chi connectivity index (χ1v) is 3.97. The van der Waals surface area contributed by atoms with Gasteiger partial charge >= 0.3 is 5.97 Å². The maximum absolute atomic E-state index is 10.8. The molecule has 0 spiro atoms. The largest absolute Gasteiger partial charge is 0.481 e. The molecule has 2 rings (SSSR count). The predicted molar refractivity (Wildman–Crippen MR) is 49.6 cm³/mol. The van der Waals surface area contributed by atoms with Crippen LogP contribution < -0.4 is 4.74 Å². The first-order chi connectivity index (χ1) is 6.72. The second kappa shape index (κ2) is 3.02. The standard InChI is InChI=1S/C9H8N2O3/c1-14-8-2-5-6(9(12)13)3-10-7(5)4-11-8/h2-4,10H,1H3,(H,12,13). The summed E-state index contributed by atoms with van der Waals surface area (Å²) >= 11 is 0. The van der Waals surface area contributed by atoms with Crippen molar-refractivity contribution >= 4 is 16.9 Å². The van der Waals surface area contributed by atoms with Crippen LogP contribution in [0.15, 0.2) is 18.5 Å². The van der Waals surface area contributed by atoms with Crippen molar-refractivity contribution in [2.75, 3.05) is 7.11 Å². The molecule has 0 radical (unpaired) electrons. The van der Waals surface area contributed by atoms with Crippen LogP contribution in [0.2, 0.25) is 0 Å². The maximum atomic E-state index is 10.8. The van der Waals surface area contributed by atoms with Crippen molar-refractivity contribution in [3.63, 3.8) is 0 Å². The van der Waals surface area contributed by atoms with E-state index in [-0.39, 0.29) is 5.56 Å². The number of methoxy groups -OCH3 is 1. The van der Waals surface area contributed by atoms with E-state index < -0.39 is 5.97 Å². The molecule has 0 saturated carbocycles. The monoisotopic (exact) mass is 192 g/mol. The van der Waals surface area contributed by atoms with Crippen LogP contribution in [0.5, 0.6) is 5.88 Å². The lowest BCUT2D eigenvalue weighted by atomic mass is 10.2. The van der Waals surface area contributed by atoms with Crippen LogP contribution in [-0.4, -0.2) is 28.2 Å². The molecule has 0 aliphatic heterocycles. The summed E-state index contributed by atoms with van der Waals surface area (Å²) in [4.78, 5) is 17.6. The number of nitrogens with one attached hydrogen (secondary N) is 1. The normalized spacial score (nSPS) is 10.4. The summed E-state index contributed by atoms with van der Waals surface area (Å²) in [7, 11) is 1.49. The first kappa shape index (κ1) is 8.55. The maximum Gasteiger partial charge on any atom is 0.337 e. The highest BCUT2D eigenvalue weighted by Crippen LogP contribution is 2.20. The molecule has 0 fully saturated rings. The quantitative estimate of drug-likeness (QED) is 0.751. The van der Waals surface area contributed by atoms with Crippen LogP contribution in [0.1, 0.15) is 10.4 Å². The van der Waals surface area contributed by atoms with Gasteiger partial charge in [-0.15, -0.1) is 0 Å². The Kier molecular flexibility index (Phi) is 1.85. The number of carboxylic acid groups (broad SMARTS) is 1. The molecule has 72 valence electrons.